The van der Waals surface area contributed by atoms with Crippen LogP contribution in [0.1, 0.15) is 0 Å². The maximum Gasteiger partial charge on any atom is 0.225 e. The van der Waals surface area contributed by atoms with Crippen LogP contribution in [0, 0.1) is 0 Å². The standard InChI is InChI=1S/C14H12ClN3OS/c1-16-14-17-12(15)11-10(7-20-13(11)18-14)8-3-5-9(19-2)6-4-8/h3-7H,1-2H3,(H,16,17,18). The number of ether oxygens (including phenoxy) is 1. The molecule has 102 valence electrons. The fourth-order valence-corrected chi connectivity index (χ4v) is 3.27. The van der Waals surface area contributed by atoms with Crippen molar-refractivity contribution in [2.75, 3.05) is 19.5 Å². The molecule has 20 heavy (non-hydrogen) atoms. The van der Waals surface area contributed by atoms with E-state index in [-0.39, 0.29) is 0 Å². The van der Waals surface area contributed by atoms with Crippen LogP contribution < -0.4 is 10.1 Å². The molecular weight excluding hydrogens is 294 g/mol. The second-order valence-electron chi connectivity index (χ2n) is 4.15. The summed E-state index contributed by atoms with van der Waals surface area (Å²) in [5, 5.41) is 6.31. The summed E-state index contributed by atoms with van der Waals surface area (Å²) in [7, 11) is 3.43. The molecule has 0 spiro atoms. The fraction of sp³-hybridized carbons (Fsp3) is 0.143. The lowest BCUT2D eigenvalue weighted by Gasteiger charge is -2.04. The zero-order valence-electron chi connectivity index (χ0n) is 11.0. The monoisotopic (exact) mass is 305 g/mol. The van der Waals surface area contributed by atoms with Crippen LogP contribution in [0.25, 0.3) is 21.3 Å². The highest BCUT2D eigenvalue weighted by Crippen LogP contribution is 2.37. The lowest BCUT2D eigenvalue weighted by atomic mass is 10.1. The van der Waals surface area contributed by atoms with Crippen molar-refractivity contribution in [3.8, 4) is 16.9 Å². The average molecular weight is 306 g/mol. The van der Waals surface area contributed by atoms with Crippen molar-refractivity contribution >= 4 is 39.1 Å². The zero-order valence-corrected chi connectivity index (χ0v) is 12.5. The van der Waals surface area contributed by atoms with E-state index in [2.05, 4.69) is 15.3 Å². The first kappa shape index (κ1) is 13.1. The first-order valence-corrected chi connectivity index (χ1v) is 7.25. The van der Waals surface area contributed by atoms with Gasteiger partial charge >= 0.3 is 0 Å². The van der Waals surface area contributed by atoms with Crippen molar-refractivity contribution in [2.24, 2.45) is 0 Å². The highest BCUT2D eigenvalue weighted by atomic mass is 35.5. The van der Waals surface area contributed by atoms with Crippen molar-refractivity contribution in [2.45, 2.75) is 0 Å². The molecule has 0 bridgehead atoms. The third-order valence-electron chi connectivity index (χ3n) is 3.01. The normalized spacial score (nSPS) is 10.8. The number of benzene rings is 1. The number of nitrogens with one attached hydrogen (secondary N) is 1. The summed E-state index contributed by atoms with van der Waals surface area (Å²) < 4.78 is 5.17. The molecule has 4 nitrogen and oxygen atoms in total. The van der Waals surface area contributed by atoms with E-state index in [9.17, 15) is 0 Å². The summed E-state index contributed by atoms with van der Waals surface area (Å²) in [6.45, 7) is 0. The summed E-state index contributed by atoms with van der Waals surface area (Å²) in [6.07, 6.45) is 0. The number of anilines is 1. The van der Waals surface area contributed by atoms with Gasteiger partial charge in [0, 0.05) is 18.0 Å². The quantitative estimate of drug-likeness (QED) is 0.741. The molecule has 3 rings (SSSR count). The number of halogens is 1. The topological polar surface area (TPSA) is 47.0 Å². The van der Waals surface area contributed by atoms with Gasteiger partial charge in [-0.05, 0) is 17.7 Å². The molecule has 2 heterocycles. The Labute approximate surface area is 125 Å². The van der Waals surface area contributed by atoms with Gasteiger partial charge in [-0.3, -0.25) is 0 Å². The average Bonchev–Trinajstić information content (AvgIpc) is 2.91. The summed E-state index contributed by atoms with van der Waals surface area (Å²) in [6, 6.07) is 7.86. The van der Waals surface area contributed by atoms with Crippen LogP contribution in [0.4, 0.5) is 5.95 Å². The summed E-state index contributed by atoms with van der Waals surface area (Å²) >= 11 is 7.84. The number of hydrogen-bond donors (Lipinski definition) is 1. The predicted molar refractivity (Wildman–Crippen MR) is 84.0 cm³/mol. The molecule has 3 aromatic rings. The first-order valence-electron chi connectivity index (χ1n) is 6.00. The van der Waals surface area contributed by atoms with Gasteiger partial charge in [-0.25, -0.2) is 9.97 Å². The molecule has 0 aliphatic carbocycles. The SMILES string of the molecule is CNc1nc(Cl)c2c(-c3ccc(OC)cc3)csc2n1. The van der Waals surface area contributed by atoms with E-state index >= 15 is 0 Å². The molecule has 0 saturated heterocycles. The minimum atomic E-state index is 0.464. The van der Waals surface area contributed by atoms with Gasteiger partial charge in [-0.15, -0.1) is 11.3 Å². The minimum absolute atomic E-state index is 0.464. The molecule has 1 aromatic carbocycles. The molecule has 0 unspecified atom stereocenters. The molecule has 0 radical (unpaired) electrons. The Morgan fingerprint density at radius 2 is 1.95 bits per heavy atom. The molecule has 2 aromatic heterocycles. The zero-order chi connectivity index (χ0) is 14.1. The van der Waals surface area contributed by atoms with E-state index in [0.29, 0.717) is 11.1 Å². The van der Waals surface area contributed by atoms with Gasteiger partial charge in [0.25, 0.3) is 0 Å². The number of nitrogens with zero attached hydrogens (tertiary/aromatic N) is 2. The van der Waals surface area contributed by atoms with E-state index in [1.54, 1.807) is 25.5 Å². The fourth-order valence-electron chi connectivity index (χ4n) is 1.99. The van der Waals surface area contributed by atoms with E-state index in [1.807, 2.05) is 29.6 Å². The number of methoxy groups -OCH3 is 1. The lowest BCUT2D eigenvalue weighted by Crippen LogP contribution is -1.95. The molecule has 1 N–H and O–H groups in total. The summed E-state index contributed by atoms with van der Waals surface area (Å²) in [4.78, 5) is 9.53. The number of hydrogen-bond acceptors (Lipinski definition) is 5. The smallest absolute Gasteiger partial charge is 0.225 e. The molecule has 0 atom stereocenters. The van der Waals surface area contributed by atoms with Gasteiger partial charge < -0.3 is 10.1 Å². The third kappa shape index (κ3) is 2.19. The van der Waals surface area contributed by atoms with Crippen LogP contribution in [0.15, 0.2) is 29.6 Å². The lowest BCUT2D eigenvalue weighted by molar-refractivity contribution is 0.415. The number of aromatic nitrogens is 2. The second kappa shape index (κ2) is 5.26. The van der Waals surface area contributed by atoms with Crippen molar-refractivity contribution < 1.29 is 4.74 Å². The predicted octanol–water partition coefficient (Wildman–Crippen LogP) is 4.06. The Bertz CT molecular complexity index is 755. The van der Waals surface area contributed by atoms with Crippen LogP contribution in [-0.2, 0) is 0 Å². The van der Waals surface area contributed by atoms with E-state index < -0.39 is 0 Å². The molecule has 0 saturated carbocycles. The van der Waals surface area contributed by atoms with Gasteiger partial charge in [-0.2, -0.15) is 0 Å². The Kier molecular flexibility index (Phi) is 3.46. The van der Waals surface area contributed by atoms with Gasteiger partial charge in [0.05, 0.1) is 12.5 Å². The first-order chi connectivity index (χ1) is 9.72. The molecule has 0 aliphatic rings. The minimum Gasteiger partial charge on any atom is -0.497 e. The van der Waals surface area contributed by atoms with Gasteiger partial charge in [-0.1, -0.05) is 23.7 Å². The number of fused-ring (bicyclic) bond motifs is 1. The van der Waals surface area contributed by atoms with Crippen LogP contribution in [0.3, 0.4) is 0 Å². The van der Waals surface area contributed by atoms with E-state index in [4.69, 9.17) is 16.3 Å². The van der Waals surface area contributed by atoms with Gasteiger partial charge in [0.2, 0.25) is 5.95 Å². The third-order valence-corrected chi connectivity index (χ3v) is 4.16. The van der Waals surface area contributed by atoms with Crippen LogP contribution in [-0.4, -0.2) is 24.1 Å². The molecule has 0 aliphatic heterocycles. The largest absolute Gasteiger partial charge is 0.497 e. The van der Waals surface area contributed by atoms with Crippen LogP contribution in [0.2, 0.25) is 5.15 Å². The highest BCUT2D eigenvalue weighted by Gasteiger charge is 2.13. The van der Waals surface area contributed by atoms with Crippen LogP contribution in [0.5, 0.6) is 5.75 Å². The Morgan fingerprint density at radius 3 is 2.60 bits per heavy atom. The Hall–Kier alpha value is -1.85. The van der Waals surface area contributed by atoms with Gasteiger partial charge in [0.1, 0.15) is 15.7 Å². The Morgan fingerprint density at radius 1 is 1.20 bits per heavy atom. The molecule has 6 heteroatoms. The molecule has 0 amide bonds. The van der Waals surface area contributed by atoms with Crippen molar-refractivity contribution in [3.63, 3.8) is 0 Å². The van der Waals surface area contributed by atoms with Crippen LogP contribution >= 0.6 is 22.9 Å². The van der Waals surface area contributed by atoms with E-state index in [0.717, 1.165) is 27.1 Å². The summed E-state index contributed by atoms with van der Waals surface area (Å²) in [5.74, 6) is 1.36. The Balaban J connectivity index is 2.16. The maximum atomic E-state index is 6.29. The van der Waals surface area contributed by atoms with Crippen molar-refractivity contribution in [3.05, 3.63) is 34.8 Å². The van der Waals surface area contributed by atoms with E-state index in [1.165, 1.54) is 0 Å². The highest BCUT2D eigenvalue weighted by molar-refractivity contribution is 7.17. The molecular formula is C14H12ClN3OS. The number of thiophene rings is 1. The van der Waals surface area contributed by atoms with Crippen molar-refractivity contribution in [1.29, 1.82) is 0 Å². The van der Waals surface area contributed by atoms with Gasteiger partial charge in [0.15, 0.2) is 0 Å². The molecule has 0 fully saturated rings. The number of rotatable bonds is 3. The maximum absolute atomic E-state index is 6.29. The summed E-state index contributed by atoms with van der Waals surface area (Å²) in [5.41, 5.74) is 2.11. The second-order valence-corrected chi connectivity index (χ2v) is 5.36. The van der Waals surface area contributed by atoms with Crippen molar-refractivity contribution in [1.82, 2.24) is 9.97 Å².